The minimum atomic E-state index is -0.951. The zero-order valence-corrected chi connectivity index (χ0v) is 12.8. The minimum Gasteiger partial charge on any atom is -0.478 e. The van der Waals surface area contributed by atoms with Gasteiger partial charge in [0.1, 0.15) is 0 Å². The Balaban J connectivity index is 1.67. The first-order valence-corrected chi connectivity index (χ1v) is 7.89. The molecule has 0 bridgehead atoms. The second-order valence-corrected chi connectivity index (χ2v) is 6.46. The van der Waals surface area contributed by atoms with Crippen molar-refractivity contribution in [3.8, 4) is 0 Å². The number of halogens is 1. The van der Waals surface area contributed by atoms with E-state index in [0.717, 1.165) is 23.6 Å². The third-order valence-electron chi connectivity index (χ3n) is 2.96. The summed E-state index contributed by atoms with van der Waals surface area (Å²) in [6.45, 7) is 0. The number of aromatic carboxylic acids is 1. The maximum atomic E-state index is 11.1. The van der Waals surface area contributed by atoms with Crippen molar-refractivity contribution < 1.29 is 14.4 Å². The van der Waals surface area contributed by atoms with Crippen molar-refractivity contribution in [2.45, 2.75) is 29.4 Å². The third-order valence-corrected chi connectivity index (χ3v) is 4.63. The van der Waals surface area contributed by atoms with Crippen LogP contribution in [0.3, 0.4) is 0 Å². The molecule has 2 aromatic rings. The summed E-state index contributed by atoms with van der Waals surface area (Å²) in [5.41, 5.74) is 0.249. The van der Waals surface area contributed by atoms with Gasteiger partial charge in [0, 0.05) is 15.3 Å². The van der Waals surface area contributed by atoms with E-state index in [1.165, 1.54) is 11.8 Å². The lowest BCUT2D eigenvalue weighted by atomic mass is 10.2. The number of carboxylic acids is 1. The van der Waals surface area contributed by atoms with Crippen LogP contribution in [0.25, 0.3) is 0 Å². The van der Waals surface area contributed by atoms with Crippen LogP contribution in [0.4, 0.5) is 0 Å². The van der Waals surface area contributed by atoms with E-state index < -0.39 is 5.97 Å². The second kappa shape index (κ2) is 5.57. The smallest absolute Gasteiger partial charge is 0.336 e. The Hall–Kier alpha value is -1.34. The molecular weight excluding hydrogens is 344 g/mol. The fourth-order valence-electron chi connectivity index (χ4n) is 1.74. The average molecular weight is 355 g/mol. The summed E-state index contributed by atoms with van der Waals surface area (Å²) in [4.78, 5) is 16.2. The van der Waals surface area contributed by atoms with Gasteiger partial charge in [-0.1, -0.05) is 5.16 Å². The van der Waals surface area contributed by atoms with Crippen LogP contribution in [0.2, 0.25) is 0 Å². The van der Waals surface area contributed by atoms with Gasteiger partial charge in [0.2, 0.25) is 5.89 Å². The van der Waals surface area contributed by atoms with Gasteiger partial charge in [-0.2, -0.15) is 4.98 Å². The van der Waals surface area contributed by atoms with E-state index in [0.29, 0.717) is 22.0 Å². The average Bonchev–Trinajstić information content (AvgIpc) is 3.17. The zero-order chi connectivity index (χ0) is 14.1. The molecule has 0 radical (unpaired) electrons. The van der Waals surface area contributed by atoms with Gasteiger partial charge in [0.25, 0.3) is 0 Å². The number of carbonyl (C=O) groups is 1. The standard InChI is InChI=1S/C13H11BrN2O3S/c14-10-4-3-8(5-9(10)13(17)18)20-6-11-15-12(16-19-11)7-1-2-7/h3-5,7H,1-2,6H2,(H,17,18). The van der Waals surface area contributed by atoms with Crippen LogP contribution >= 0.6 is 27.7 Å². The van der Waals surface area contributed by atoms with Crippen LogP contribution in [0.5, 0.6) is 0 Å². The molecular formula is C13H11BrN2O3S. The van der Waals surface area contributed by atoms with E-state index >= 15 is 0 Å². The number of thioether (sulfide) groups is 1. The molecule has 1 heterocycles. The molecule has 0 amide bonds. The summed E-state index contributed by atoms with van der Waals surface area (Å²) in [6.07, 6.45) is 2.28. The molecule has 104 valence electrons. The van der Waals surface area contributed by atoms with Crippen molar-refractivity contribution in [2.24, 2.45) is 0 Å². The molecule has 0 saturated heterocycles. The lowest BCUT2D eigenvalue weighted by Crippen LogP contribution is -1.97. The van der Waals surface area contributed by atoms with Crippen LogP contribution in [-0.4, -0.2) is 21.2 Å². The lowest BCUT2D eigenvalue weighted by Gasteiger charge is -2.02. The largest absolute Gasteiger partial charge is 0.478 e. The summed E-state index contributed by atoms with van der Waals surface area (Å²) in [5, 5.41) is 13.0. The van der Waals surface area contributed by atoms with Crippen molar-refractivity contribution in [1.29, 1.82) is 0 Å². The molecule has 1 aromatic carbocycles. The summed E-state index contributed by atoms with van der Waals surface area (Å²) in [6, 6.07) is 5.23. The highest BCUT2D eigenvalue weighted by atomic mass is 79.9. The molecule has 1 N–H and O–H groups in total. The molecule has 3 rings (SSSR count). The third kappa shape index (κ3) is 3.04. The molecule has 0 aliphatic heterocycles. The first-order chi connectivity index (χ1) is 9.63. The molecule has 0 unspecified atom stereocenters. The van der Waals surface area contributed by atoms with Gasteiger partial charge in [-0.3, -0.25) is 0 Å². The molecule has 0 atom stereocenters. The fourth-order valence-corrected chi connectivity index (χ4v) is 2.93. The first kappa shape index (κ1) is 13.6. The van der Waals surface area contributed by atoms with Crippen molar-refractivity contribution in [1.82, 2.24) is 10.1 Å². The highest BCUT2D eigenvalue weighted by molar-refractivity contribution is 9.10. The molecule has 20 heavy (non-hydrogen) atoms. The van der Waals surface area contributed by atoms with Gasteiger partial charge in [-0.15, -0.1) is 11.8 Å². The van der Waals surface area contributed by atoms with E-state index in [2.05, 4.69) is 26.1 Å². The van der Waals surface area contributed by atoms with Gasteiger partial charge in [-0.05, 0) is 47.0 Å². The second-order valence-electron chi connectivity index (χ2n) is 4.56. The molecule has 1 saturated carbocycles. The van der Waals surface area contributed by atoms with Gasteiger partial charge < -0.3 is 9.63 Å². The van der Waals surface area contributed by atoms with E-state index in [1.54, 1.807) is 12.1 Å². The van der Waals surface area contributed by atoms with E-state index in [1.807, 2.05) is 6.07 Å². The number of hydrogen-bond donors (Lipinski definition) is 1. The monoisotopic (exact) mass is 354 g/mol. The van der Waals surface area contributed by atoms with Crippen LogP contribution < -0.4 is 0 Å². The maximum Gasteiger partial charge on any atom is 0.336 e. The summed E-state index contributed by atoms with van der Waals surface area (Å²) < 4.78 is 5.75. The normalized spacial score (nSPS) is 14.4. The van der Waals surface area contributed by atoms with Crippen LogP contribution in [0.15, 0.2) is 32.1 Å². The number of aromatic nitrogens is 2. The van der Waals surface area contributed by atoms with Crippen LogP contribution in [0, 0.1) is 0 Å². The highest BCUT2D eigenvalue weighted by Crippen LogP contribution is 2.38. The summed E-state index contributed by atoms with van der Waals surface area (Å²) in [5.74, 6) is 1.44. The minimum absolute atomic E-state index is 0.249. The van der Waals surface area contributed by atoms with Gasteiger partial charge in [-0.25, -0.2) is 4.79 Å². The predicted octanol–water partition coefficient (Wildman–Crippen LogP) is 3.70. The molecule has 0 spiro atoms. The molecule has 1 fully saturated rings. The summed E-state index contributed by atoms with van der Waals surface area (Å²) in [7, 11) is 0. The highest BCUT2D eigenvalue weighted by Gasteiger charge is 2.28. The fraction of sp³-hybridized carbons (Fsp3) is 0.308. The maximum absolute atomic E-state index is 11.1. The zero-order valence-electron chi connectivity index (χ0n) is 10.4. The van der Waals surface area contributed by atoms with Gasteiger partial charge >= 0.3 is 5.97 Å². The van der Waals surface area contributed by atoms with Crippen LogP contribution in [0.1, 0.15) is 40.8 Å². The van der Waals surface area contributed by atoms with E-state index in [4.69, 9.17) is 9.63 Å². The molecule has 1 aromatic heterocycles. The number of nitrogens with zero attached hydrogens (tertiary/aromatic N) is 2. The number of carboxylic acid groups (broad SMARTS) is 1. The van der Waals surface area contributed by atoms with E-state index in [9.17, 15) is 4.79 Å². The summed E-state index contributed by atoms with van der Waals surface area (Å²) >= 11 is 4.70. The van der Waals surface area contributed by atoms with Gasteiger partial charge in [0.15, 0.2) is 5.82 Å². The van der Waals surface area contributed by atoms with Gasteiger partial charge in [0.05, 0.1) is 11.3 Å². The van der Waals surface area contributed by atoms with Crippen molar-refractivity contribution in [3.05, 3.63) is 40.0 Å². The van der Waals surface area contributed by atoms with Crippen LogP contribution in [-0.2, 0) is 5.75 Å². The lowest BCUT2D eigenvalue weighted by molar-refractivity contribution is 0.0695. The van der Waals surface area contributed by atoms with Crippen molar-refractivity contribution in [2.75, 3.05) is 0 Å². The van der Waals surface area contributed by atoms with E-state index in [-0.39, 0.29) is 5.56 Å². The number of rotatable bonds is 5. The van der Waals surface area contributed by atoms with Crippen molar-refractivity contribution in [3.63, 3.8) is 0 Å². The Morgan fingerprint density at radius 3 is 3.00 bits per heavy atom. The Morgan fingerprint density at radius 1 is 1.50 bits per heavy atom. The SMILES string of the molecule is O=C(O)c1cc(SCc2nc(C3CC3)no2)ccc1Br. The predicted molar refractivity (Wildman–Crippen MR) is 76.9 cm³/mol. The molecule has 7 heteroatoms. The molecule has 1 aliphatic rings. The Morgan fingerprint density at radius 2 is 2.30 bits per heavy atom. The Bertz CT molecular complexity index is 655. The van der Waals surface area contributed by atoms with Crippen molar-refractivity contribution >= 4 is 33.7 Å². The number of hydrogen-bond acceptors (Lipinski definition) is 5. The topological polar surface area (TPSA) is 76.2 Å². The number of benzene rings is 1. The Kier molecular flexibility index (Phi) is 3.80. The quantitative estimate of drug-likeness (QED) is 0.825. The Labute approximate surface area is 127 Å². The molecule has 1 aliphatic carbocycles. The first-order valence-electron chi connectivity index (χ1n) is 6.11. The molecule has 5 nitrogen and oxygen atoms in total.